The molecule has 2 aromatic rings. The van der Waals surface area contributed by atoms with Crippen LogP contribution in [0.1, 0.15) is 17.5 Å². The first-order chi connectivity index (χ1) is 10.3. The van der Waals surface area contributed by atoms with E-state index in [9.17, 15) is 0 Å². The highest BCUT2D eigenvalue weighted by Gasteiger charge is 2.12. The molecule has 0 radical (unpaired) electrons. The van der Waals surface area contributed by atoms with Crippen LogP contribution in [0.15, 0.2) is 58.0 Å². The molecular formula is C17H17BrN2O. The molecule has 3 nitrogen and oxygen atoms in total. The van der Waals surface area contributed by atoms with Crippen molar-refractivity contribution >= 4 is 21.8 Å². The molecular weight excluding hydrogens is 328 g/mol. The van der Waals surface area contributed by atoms with Gasteiger partial charge in [-0.1, -0.05) is 46.3 Å². The molecule has 2 aromatic carbocycles. The lowest BCUT2D eigenvalue weighted by Crippen LogP contribution is -2.30. The van der Waals surface area contributed by atoms with Gasteiger partial charge in [-0.25, -0.2) is 0 Å². The van der Waals surface area contributed by atoms with Gasteiger partial charge in [0.15, 0.2) is 0 Å². The van der Waals surface area contributed by atoms with Crippen molar-refractivity contribution in [3.63, 3.8) is 0 Å². The van der Waals surface area contributed by atoms with Crippen LogP contribution >= 0.6 is 15.9 Å². The molecule has 1 N–H and O–H groups in total. The maximum atomic E-state index is 6.01. The zero-order chi connectivity index (χ0) is 14.5. The highest BCUT2D eigenvalue weighted by atomic mass is 79.9. The lowest BCUT2D eigenvalue weighted by molar-refractivity contribution is 0.304. The summed E-state index contributed by atoms with van der Waals surface area (Å²) < 4.78 is 7.07. The molecule has 3 rings (SSSR count). The third kappa shape index (κ3) is 3.45. The molecule has 0 saturated carbocycles. The third-order valence-electron chi connectivity index (χ3n) is 3.38. The van der Waals surface area contributed by atoms with E-state index in [1.54, 1.807) is 0 Å². The van der Waals surface area contributed by atoms with Crippen molar-refractivity contribution in [2.75, 3.05) is 13.1 Å². The van der Waals surface area contributed by atoms with E-state index in [1.807, 2.05) is 42.5 Å². The molecule has 0 unspecified atom stereocenters. The van der Waals surface area contributed by atoms with Gasteiger partial charge >= 0.3 is 0 Å². The zero-order valence-corrected chi connectivity index (χ0v) is 13.3. The molecule has 108 valence electrons. The molecule has 21 heavy (non-hydrogen) atoms. The molecule has 0 spiro atoms. The van der Waals surface area contributed by atoms with Gasteiger partial charge in [0.05, 0.1) is 5.56 Å². The van der Waals surface area contributed by atoms with Crippen LogP contribution in [0, 0.1) is 0 Å². The first-order valence-electron chi connectivity index (χ1n) is 7.08. The van der Waals surface area contributed by atoms with Gasteiger partial charge in [0.1, 0.15) is 18.2 Å². The van der Waals surface area contributed by atoms with Crippen LogP contribution < -0.4 is 10.1 Å². The summed E-state index contributed by atoms with van der Waals surface area (Å²) in [6.07, 6.45) is 1.09. The standard InChI is InChI=1S/C17H17BrN2O/c18-15-8-3-1-6-13(15)12-21-16-9-4-2-7-14(16)17-19-10-5-11-20-17/h1-4,6-9H,5,10-12H2,(H,19,20). The fourth-order valence-electron chi connectivity index (χ4n) is 2.27. The molecule has 1 heterocycles. The smallest absolute Gasteiger partial charge is 0.132 e. The first kappa shape index (κ1) is 14.1. The summed E-state index contributed by atoms with van der Waals surface area (Å²) in [4.78, 5) is 4.55. The number of ether oxygens (including phenoxy) is 1. The number of benzene rings is 2. The second kappa shape index (κ2) is 6.76. The summed E-state index contributed by atoms with van der Waals surface area (Å²) in [6.45, 7) is 2.38. The lowest BCUT2D eigenvalue weighted by Gasteiger charge is -2.18. The minimum absolute atomic E-state index is 0.533. The summed E-state index contributed by atoms with van der Waals surface area (Å²) in [7, 11) is 0. The van der Waals surface area contributed by atoms with Gasteiger partial charge in [-0.2, -0.15) is 0 Å². The Hall–Kier alpha value is -1.81. The maximum absolute atomic E-state index is 6.01. The number of nitrogens with zero attached hydrogens (tertiary/aromatic N) is 1. The fourth-order valence-corrected chi connectivity index (χ4v) is 2.67. The number of halogens is 1. The summed E-state index contributed by atoms with van der Waals surface area (Å²) in [5.41, 5.74) is 2.16. The molecule has 0 aromatic heterocycles. The van der Waals surface area contributed by atoms with Gasteiger partial charge in [-0.15, -0.1) is 0 Å². The Balaban J connectivity index is 1.80. The second-order valence-electron chi connectivity index (χ2n) is 4.89. The molecule has 0 saturated heterocycles. The van der Waals surface area contributed by atoms with Gasteiger partial charge in [0.25, 0.3) is 0 Å². The fraction of sp³-hybridized carbons (Fsp3) is 0.235. The Morgan fingerprint density at radius 2 is 1.90 bits per heavy atom. The summed E-state index contributed by atoms with van der Waals surface area (Å²) in [5, 5.41) is 3.35. The second-order valence-corrected chi connectivity index (χ2v) is 5.74. The molecule has 0 bridgehead atoms. The number of aliphatic imine (C=N–C) groups is 1. The number of hydrogen-bond donors (Lipinski definition) is 1. The summed E-state index contributed by atoms with van der Waals surface area (Å²) in [6, 6.07) is 16.1. The van der Waals surface area contributed by atoms with E-state index in [4.69, 9.17) is 4.74 Å². The molecule has 1 aliphatic rings. The molecule has 0 aliphatic carbocycles. The van der Waals surface area contributed by atoms with Crippen molar-refractivity contribution < 1.29 is 4.74 Å². The van der Waals surface area contributed by atoms with Gasteiger partial charge in [0.2, 0.25) is 0 Å². The van der Waals surface area contributed by atoms with E-state index in [1.165, 1.54) is 0 Å². The number of hydrogen-bond acceptors (Lipinski definition) is 3. The Bertz CT molecular complexity index is 655. The average Bonchev–Trinajstić information content (AvgIpc) is 2.55. The zero-order valence-electron chi connectivity index (χ0n) is 11.7. The Kier molecular flexibility index (Phi) is 4.55. The quantitative estimate of drug-likeness (QED) is 0.915. The van der Waals surface area contributed by atoms with Crippen LogP contribution in [0.5, 0.6) is 5.75 Å². The number of nitrogens with one attached hydrogen (secondary N) is 1. The number of rotatable bonds is 4. The molecule has 1 aliphatic heterocycles. The van der Waals surface area contributed by atoms with Gasteiger partial charge in [-0.05, 0) is 24.6 Å². The molecule has 0 fully saturated rings. The number of amidine groups is 1. The van der Waals surface area contributed by atoms with Crippen LogP contribution in [-0.2, 0) is 6.61 Å². The van der Waals surface area contributed by atoms with Crippen molar-refractivity contribution in [1.82, 2.24) is 5.32 Å². The molecule has 0 atom stereocenters. The Morgan fingerprint density at radius 3 is 2.71 bits per heavy atom. The predicted octanol–water partition coefficient (Wildman–Crippen LogP) is 3.77. The molecule has 0 amide bonds. The lowest BCUT2D eigenvalue weighted by atomic mass is 10.1. The van der Waals surface area contributed by atoms with Crippen molar-refractivity contribution in [3.8, 4) is 5.75 Å². The number of para-hydroxylation sites is 1. The predicted molar refractivity (Wildman–Crippen MR) is 88.9 cm³/mol. The Labute approximate surface area is 133 Å². The van der Waals surface area contributed by atoms with Gasteiger partial charge < -0.3 is 10.1 Å². The normalized spacial score (nSPS) is 14.2. The van der Waals surface area contributed by atoms with E-state index >= 15 is 0 Å². The Morgan fingerprint density at radius 1 is 1.10 bits per heavy atom. The molecule has 4 heteroatoms. The van der Waals surface area contributed by atoms with Crippen LogP contribution in [0.2, 0.25) is 0 Å². The SMILES string of the molecule is Brc1ccccc1COc1ccccc1C1=NCCCN1. The van der Waals surface area contributed by atoms with E-state index in [2.05, 4.69) is 32.3 Å². The van der Waals surface area contributed by atoms with Crippen molar-refractivity contribution in [2.45, 2.75) is 13.0 Å². The average molecular weight is 345 g/mol. The topological polar surface area (TPSA) is 33.6 Å². The van der Waals surface area contributed by atoms with Crippen molar-refractivity contribution in [1.29, 1.82) is 0 Å². The van der Waals surface area contributed by atoms with E-state index < -0.39 is 0 Å². The summed E-state index contributed by atoms with van der Waals surface area (Å²) >= 11 is 3.55. The van der Waals surface area contributed by atoms with E-state index in [0.29, 0.717) is 6.61 Å². The minimum Gasteiger partial charge on any atom is -0.488 e. The highest BCUT2D eigenvalue weighted by molar-refractivity contribution is 9.10. The van der Waals surface area contributed by atoms with Crippen molar-refractivity contribution in [2.24, 2.45) is 4.99 Å². The van der Waals surface area contributed by atoms with Crippen molar-refractivity contribution in [3.05, 3.63) is 64.1 Å². The monoisotopic (exact) mass is 344 g/mol. The van der Waals surface area contributed by atoms with Crippen LogP contribution in [-0.4, -0.2) is 18.9 Å². The largest absolute Gasteiger partial charge is 0.488 e. The van der Waals surface area contributed by atoms with E-state index in [0.717, 1.165) is 46.7 Å². The van der Waals surface area contributed by atoms with Gasteiger partial charge in [-0.3, -0.25) is 4.99 Å². The minimum atomic E-state index is 0.533. The maximum Gasteiger partial charge on any atom is 0.132 e. The first-order valence-corrected chi connectivity index (χ1v) is 7.88. The summed E-state index contributed by atoms with van der Waals surface area (Å²) in [5.74, 6) is 1.80. The van der Waals surface area contributed by atoms with Gasteiger partial charge in [0, 0.05) is 23.1 Å². The van der Waals surface area contributed by atoms with Crippen LogP contribution in [0.3, 0.4) is 0 Å². The van der Waals surface area contributed by atoms with Crippen LogP contribution in [0.25, 0.3) is 0 Å². The highest BCUT2D eigenvalue weighted by Crippen LogP contribution is 2.23. The van der Waals surface area contributed by atoms with Crippen LogP contribution in [0.4, 0.5) is 0 Å². The third-order valence-corrected chi connectivity index (χ3v) is 4.15. The van der Waals surface area contributed by atoms with E-state index in [-0.39, 0.29) is 0 Å².